The van der Waals surface area contributed by atoms with Gasteiger partial charge in [-0.2, -0.15) is 0 Å². The highest BCUT2D eigenvalue weighted by Crippen LogP contribution is 2.19. The maximum atomic E-state index is 11.9. The lowest BCUT2D eigenvalue weighted by Crippen LogP contribution is -2.23. The third-order valence-corrected chi connectivity index (χ3v) is 3.79. The molecule has 0 aliphatic carbocycles. The molecule has 0 saturated carbocycles. The van der Waals surface area contributed by atoms with Gasteiger partial charge in [-0.1, -0.05) is 0 Å². The number of aryl methyl sites for hydroxylation is 1. The Morgan fingerprint density at radius 1 is 1.56 bits per heavy atom. The summed E-state index contributed by atoms with van der Waals surface area (Å²) in [5, 5.41) is 15.2. The molecule has 0 unspecified atom stereocenters. The summed E-state index contributed by atoms with van der Waals surface area (Å²) in [4.78, 5) is 16.2. The predicted molar refractivity (Wildman–Crippen MR) is 78.8 cm³/mol. The smallest absolute Gasteiger partial charge is 0.255 e. The standard InChI is InChI=1S/C12H11IN2O2S/c1-7-15-9(6-18-7)5-14-12(17)10-4-8(13)2-3-11(10)16/h2-4,6,16H,5H2,1H3,(H,14,17). The van der Waals surface area contributed by atoms with E-state index in [0.29, 0.717) is 6.54 Å². The number of nitrogens with zero attached hydrogens (tertiary/aromatic N) is 1. The number of carbonyl (C=O) groups excluding carboxylic acids is 1. The zero-order chi connectivity index (χ0) is 13.1. The highest BCUT2D eigenvalue weighted by Gasteiger charge is 2.11. The molecule has 2 N–H and O–H groups in total. The van der Waals surface area contributed by atoms with E-state index < -0.39 is 0 Å². The molecule has 0 atom stereocenters. The van der Waals surface area contributed by atoms with E-state index in [1.54, 1.807) is 23.5 Å². The molecule has 4 nitrogen and oxygen atoms in total. The first kappa shape index (κ1) is 13.3. The number of phenolic OH excluding ortho intramolecular Hbond substituents is 1. The molecule has 0 aliphatic rings. The summed E-state index contributed by atoms with van der Waals surface area (Å²) >= 11 is 3.64. The number of hydrogen-bond acceptors (Lipinski definition) is 4. The summed E-state index contributed by atoms with van der Waals surface area (Å²) in [6.45, 7) is 2.29. The molecule has 0 aliphatic heterocycles. The Morgan fingerprint density at radius 2 is 2.33 bits per heavy atom. The molecule has 6 heteroatoms. The van der Waals surface area contributed by atoms with Crippen LogP contribution in [0.25, 0.3) is 0 Å². The molecule has 1 aromatic heterocycles. The van der Waals surface area contributed by atoms with Crippen molar-refractivity contribution in [1.29, 1.82) is 0 Å². The van der Waals surface area contributed by atoms with Gasteiger partial charge >= 0.3 is 0 Å². The van der Waals surface area contributed by atoms with Crippen molar-refractivity contribution in [3.63, 3.8) is 0 Å². The van der Waals surface area contributed by atoms with Crippen molar-refractivity contribution in [2.45, 2.75) is 13.5 Å². The topological polar surface area (TPSA) is 62.2 Å². The molecule has 0 bridgehead atoms. The van der Waals surface area contributed by atoms with Gasteiger partial charge in [-0.15, -0.1) is 11.3 Å². The second kappa shape index (κ2) is 5.66. The van der Waals surface area contributed by atoms with Gasteiger partial charge in [0.15, 0.2) is 0 Å². The molecular formula is C12H11IN2O2S. The molecule has 1 aromatic carbocycles. The van der Waals surface area contributed by atoms with E-state index in [0.717, 1.165) is 14.3 Å². The fourth-order valence-corrected chi connectivity index (χ4v) is 2.55. The Bertz CT molecular complexity index is 583. The largest absolute Gasteiger partial charge is 0.507 e. The molecule has 1 amide bonds. The average Bonchev–Trinajstić information content (AvgIpc) is 2.75. The minimum Gasteiger partial charge on any atom is -0.507 e. The number of nitrogens with one attached hydrogen (secondary N) is 1. The van der Waals surface area contributed by atoms with E-state index in [1.165, 1.54) is 6.07 Å². The summed E-state index contributed by atoms with van der Waals surface area (Å²) in [6.07, 6.45) is 0. The molecule has 0 spiro atoms. The van der Waals surface area contributed by atoms with Gasteiger partial charge in [0.2, 0.25) is 0 Å². The molecule has 1 heterocycles. The Hall–Kier alpha value is -1.15. The van der Waals surface area contributed by atoms with Crippen LogP contribution in [0.4, 0.5) is 0 Å². The van der Waals surface area contributed by atoms with Crippen LogP contribution in [-0.4, -0.2) is 16.0 Å². The highest BCUT2D eigenvalue weighted by atomic mass is 127. The Morgan fingerprint density at radius 3 is 3.00 bits per heavy atom. The van der Waals surface area contributed by atoms with Crippen molar-refractivity contribution < 1.29 is 9.90 Å². The number of amides is 1. The minimum atomic E-state index is -0.295. The monoisotopic (exact) mass is 374 g/mol. The summed E-state index contributed by atoms with van der Waals surface area (Å²) in [5.74, 6) is -0.306. The molecule has 2 rings (SSSR count). The molecule has 18 heavy (non-hydrogen) atoms. The first-order chi connectivity index (χ1) is 8.56. The van der Waals surface area contributed by atoms with Crippen LogP contribution in [0.15, 0.2) is 23.6 Å². The number of hydrogen-bond donors (Lipinski definition) is 2. The van der Waals surface area contributed by atoms with Crippen molar-refractivity contribution in [3.05, 3.63) is 43.4 Å². The van der Waals surface area contributed by atoms with E-state index in [4.69, 9.17) is 0 Å². The fraction of sp³-hybridized carbons (Fsp3) is 0.167. The quantitative estimate of drug-likeness (QED) is 0.813. The zero-order valence-corrected chi connectivity index (χ0v) is 12.6. The summed E-state index contributed by atoms with van der Waals surface area (Å²) in [7, 11) is 0. The first-order valence-electron chi connectivity index (χ1n) is 5.24. The third-order valence-electron chi connectivity index (χ3n) is 2.30. The van der Waals surface area contributed by atoms with E-state index in [9.17, 15) is 9.90 Å². The molecule has 0 saturated heterocycles. The van der Waals surface area contributed by atoms with Crippen LogP contribution in [0.5, 0.6) is 5.75 Å². The van der Waals surface area contributed by atoms with E-state index >= 15 is 0 Å². The number of rotatable bonds is 3. The van der Waals surface area contributed by atoms with Crippen LogP contribution in [0.2, 0.25) is 0 Å². The van der Waals surface area contributed by atoms with Crippen LogP contribution < -0.4 is 5.32 Å². The maximum absolute atomic E-state index is 11.9. The fourth-order valence-electron chi connectivity index (χ4n) is 1.45. The summed E-state index contributed by atoms with van der Waals surface area (Å²) in [6, 6.07) is 4.91. The Kier molecular flexibility index (Phi) is 4.18. The van der Waals surface area contributed by atoms with Crippen LogP contribution in [0.3, 0.4) is 0 Å². The number of halogens is 1. The van der Waals surface area contributed by atoms with Crippen molar-refractivity contribution >= 4 is 39.8 Å². The average molecular weight is 374 g/mol. The van der Waals surface area contributed by atoms with Crippen LogP contribution >= 0.6 is 33.9 Å². The first-order valence-corrected chi connectivity index (χ1v) is 7.20. The number of aromatic hydroxyl groups is 1. The summed E-state index contributed by atoms with van der Waals surface area (Å²) < 4.78 is 0.903. The van der Waals surface area contributed by atoms with Gasteiger partial charge in [0, 0.05) is 8.95 Å². The van der Waals surface area contributed by atoms with Crippen molar-refractivity contribution in [1.82, 2.24) is 10.3 Å². The van der Waals surface area contributed by atoms with Crippen LogP contribution in [-0.2, 0) is 6.54 Å². The lowest BCUT2D eigenvalue weighted by molar-refractivity contribution is 0.0947. The van der Waals surface area contributed by atoms with Crippen molar-refractivity contribution in [3.8, 4) is 5.75 Å². The maximum Gasteiger partial charge on any atom is 0.255 e. The van der Waals surface area contributed by atoms with Gasteiger partial charge in [0.25, 0.3) is 5.91 Å². The van der Waals surface area contributed by atoms with E-state index in [1.807, 2.05) is 12.3 Å². The molecule has 0 fully saturated rings. The normalized spacial score (nSPS) is 10.3. The van der Waals surface area contributed by atoms with Gasteiger partial charge in [-0.25, -0.2) is 4.98 Å². The van der Waals surface area contributed by atoms with Gasteiger partial charge in [-0.3, -0.25) is 4.79 Å². The van der Waals surface area contributed by atoms with Gasteiger partial charge in [0.05, 0.1) is 22.8 Å². The SMILES string of the molecule is Cc1nc(CNC(=O)c2cc(I)ccc2O)cs1. The number of aromatic nitrogens is 1. The van der Waals surface area contributed by atoms with Crippen molar-refractivity contribution in [2.24, 2.45) is 0 Å². The number of phenols is 1. The van der Waals surface area contributed by atoms with Crippen LogP contribution in [0, 0.1) is 10.5 Å². The minimum absolute atomic E-state index is 0.0117. The molecule has 94 valence electrons. The molecular weight excluding hydrogens is 363 g/mol. The zero-order valence-electron chi connectivity index (χ0n) is 9.61. The number of benzene rings is 1. The lowest BCUT2D eigenvalue weighted by atomic mass is 10.2. The number of thiazole rings is 1. The lowest BCUT2D eigenvalue weighted by Gasteiger charge is -2.06. The third kappa shape index (κ3) is 3.20. The van der Waals surface area contributed by atoms with E-state index in [-0.39, 0.29) is 17.2 Å². The highest BCUT2D eigenvalue weighted by molar-refractivity contribution is 14.1. The van der Waals surface area contributed by atoms with Gasteiger partial charge in [-0.05, 0) is 47.7 Å². The second-order valence-electron chi connectivity index (χ2n) is 3.70. The van der Waals surface area contributed by atoms with E-state index in [2.05, 4.69) is 32.9 Å². The number of carbonyl (C=O) groups is 1. The van der Waals surface area contributed by atoms with Crippen molar-refractivity contribution in [2.75, 3.05) is 0 Å². The molecule has 0 radical (unpaired) electrons. The summed E-state index contributed by atoms with van der Waals surface area (Å²) in [5.41, 5.74) is 1.12. The van der Waals surface area contributed by atoms with Gasteiger partial charge in [0.1, 0.15) is 5.75 Å². The Labute approximate surface area is 122 Å². The van der Waals surface area contributed by atoms with Crippen LogP contribution in [0.1, 0.15) is 21.1 Å². The van der Waals surface area contributed by atoms with Gasteiger partial charge < -0.3 is 10.4 Å². The molecule has 2 aromatic rings. The predicted octanol–water partition coefficient (Wildman–Crippen LogP) is 2.69. The second-order valence-corrected chi connectivity index (χ2v) is 6.01. The Balaban J connectivity index is 2.05.